The highest BCUT2D eigenvalue weighted by Crippen LogP contribution is 2.10. The highest BCUT2D eigenvalue weighted by Gasteiger charge is 2.24. The van der Waals surface area contributed by atoms with Gasteiger partial charge in [-0.3, -0.25) is 14.5 Å². The molecule has 2 amide bonds. The SMILES string of the molecule is NC(=O)c1ccc(NC(=O)CN2CCOCC2CO)cc1. The van der Waals surface area contributed by atoms with Gasteiger partial charge in [0.05, 0.1) is 32.4 Å². The molecule has 0 bridgehead atoms. The number of anilines is 1. The average Bonchev–Trinajstić information content (AvgIpc) is 2.48. The summed E-state index contributed by atoms with van der Waals surface area (Å²) in [6, 6.07) is 6.22. The number of rotatable bonds is 5. The lowest BCUT2D eigenvalue weighted by Gasteiger charge is -2.33. The van der Waals surface area contributed by atoms with Crippen LogP contribution in [0.4, 0.5) is 5.69 Å². The number of aliphatic hydroxyl groups excluding tert-OH is 1. The lowest BCUT2D eigenvalue weighted by molar-refractivity contribution is -0.120. The molecule has 1 unspecified atom stereocenters. The van der Waals surface area contributed by atoms with Crippen LogP contribution in [0.15, 0.2) is 24.3 Å². The van der Waals surface area contributed by atoms with E-state index in [4.69, 9.17) is 10.5 Å². The molecule has 1 saturated heterocycles. The van der Waals surface area contributed by atoms with E-state index in [9.17, 15) is 14.7 Å². The molecule has 0 saturated carbocycles. The fourth-order valence-electron chi connectivity index (χ4n) is 2.17. The monoisotopic (exact) mass is 293 g/mol. The van der Waals surface area contributed by atoms with Crippen LogP contribution in [0.25, 0.3) is 0 Å². The van der Waals surface area contributed by atoms with Gasteiger partial charge in [-0.05, 0) is 24.3 Å². The third-order valence-corrected chi connectivity index (χ3v) is 3.36. The maximum atomic E-state index is 12.0. The van der Waals surface area contributed by atoms with E-state index < -0.39 is 5.91 Å². The van der Waals surface area contributed by atoms with Gasteiger partial charge < -0.3 is 20.9 Å². The van der Waals surface area contributed by atoms with Crippen molar-refractivity contribution in [3.63, 3.8) is 0 Å². The Hall–Kier alpha value is -1.96. The third kappa shape index (κ3) is 4.25. The van der Waals surface area contributed by atoms with E-state index in [0.717, 1.165) is 0 Å². The van der Waals surface area contributed by atoms with Gasteiger partial charge >= 0.3 is 0 Å². The Labute approximate surface area is 122 Å². The molecule has 1 fully saturated rings. The standard InChI is InChI=1S/C14H19N3O4/c15-14(20)10-1-3-11(4-2-10)16-13(19)7-17-5-6-21-9-12(17)8-18/h1-4,12,18H,5-9H2,(H2,15,20)(H,16,19). The number of amides is 2. The number of ether oxygens (including phenoxy) is 1. The van der Waals surface area contributed by atoms with Crippen molar-refractivity contribution in [2.24, 2.45) is 5.73 Å². The quantitative estimate of drug-likeness (QED) is 0.673. The summed E-state index contributed by atoms with van der Waals surface area (Å²) < 4.78 is 5.26. The topological polar surface area (TPSA) is 105 Å². The number of hydrogen-bond acceptors (Lipinski definition) is 5. The van der Waals surface area contributed by atoms with Crippen molar-refractivity contribution >= 4 is 17.5 Å². The van der Waals surface area contributed by atoms with E-state index in [-0.39, 0.29) is 25.1 Å². The van der Waals surface area contributed by atoms with Gasteiger partial charge in [-0.25, -0.2) is 0 Å². The van der Waals surface area contributed by atoms with Gasteiger partial charge in [-0.2, -0.15) is 0 Å². The van der Waals surface area contributed by atoms with Crippen LogP contribution in [-0.2, 0) is 9.53 Å². The number of nitrogens with two attached hydrogens (primary N) is 1. The number of carbonyl (C=O) groups is 2. The number of aliphatic hydroxyl groups is 1. The summed E-state index contributed by atoms with van der Waals surface area (Å²) in [7, 11) is 0. The van der Waals surface area contributed by atoms with Crippen molar-refractivity contribution in [1.82, 2.24) is 4.90 Å². The second-order valence-electron chi connectivity index (χ2n) is 4.87. The van der Waals surface area contributed by atoms with Crippen LogP contribution < -0.4 is 11.1 Å². The fraction of sp³-hybridized carbons (Fsp3) is 0.429. The van der Waals surface area contributed by atoms with Gasteiger partial charge in [0.2, 0.25) is 11.8 Å². The smallest absolute Gasteiger partial charge is 0.248 e. The van der Waals surface area contributed by atoms with Crippen molar-refractivity contribution in [1.29, 1.82) is 0 Å². The molecule has 1 aromatic rings. The first-order chi connectivity index (χ1) is 10.1. The molecule has 0 spiro atoms. The van der Waals surface area contributed by atoms with Crippen molar-refractivity contribution < 1.29 is 19.4 Å². The zero-order valence-corrected chi connectivity index (χ0v) is 11.6. The molecule has 1 aliphatic rings. The first-order valence-corrected chi connectivity index (χ1v) is 6.72. The molecule has 1 atom stereocenters. The molecule has 4 N–H and O–H groups in total. The molecule has 1 aliphatic heterocycles. The summed E-state index contributed by atoms with van der Waals surface area (Å²) in [6.45, 7) is 1.74. The van der Waals surface area contributed by atoms with Gasteiger partial charge in [0.25, 0.3) is 0 Å². The molecular formula is C14H19N3O4. The first kappa shape index (κ1) is 15.4. The van der Waals surface area contributed by atoms with E-state index >= 15 is 0 Å². The van der Waals surface area contributed by atoms with E-state index in [0.29, 0.717) is 31.0 Å². The molecule has 1 heterocycles. The van der Waals surface area contributed by atoms with Gasteiger partial charge in [-0.1, -0.05) is 0 Å². The van der Waals surface area contributed by atoms with E-state index in [1.165, 1.54) is 0 Å². The molecule has 0 aliphatic carbocycles. The minimum atomic E-state index is -0.507. The summed E-state index contributed by atoms with van der Waals surface area (Å²) in [4.78, 5) is 24.8. The van der Waals surface area contributed by atoms with Gasteiger partial charge in [0.15, 0.2) is 0 Å². The normalized spacial score (nSPS) is 19.2. The Morgan fingerprint density at radius 2 is 2.10 bits per heavy atom. The second-order valence-corrected chi connectivity index (χ2v) is 4.87. The Bertz CT molecular complexity index is 503. The van der Waals surface area contributed by atoms with Crippen LogP contribution in [-0.4, -0.2) is 60.8 Å². The Morgan fingerprint density at radius 1 is 1.38 bits per heavy atom. The molecule has 114 valence electrons. The summed E-state index contributed by atoms with van der Waals surface area (Å²) >= 11 is 0. The summed E-state index contributed by atoms with van der Waals surface area (Å²) in [5, 5.41) is 12.0. The van der Waals surface area contributed by atoms with Crippen molar-refractivity contribution in [2.45, 2.75) is 6.04 Å². The first-order valence-electron chi connectivity index (χ1n) is 6.72. The van der Waals surface area contributed by atoms with E-state index in [2.05, 4.69) is 5.32 Å². The maximum absolute atomic E-state index is 12.0. The fourth-order valence-corrected chi connectivity index (χ4v) is 2.17. The molecule has 7 nitrogen and oxygen atoms in total. The van der Waals surface area contributed by atoms with E-state index in [1.54, 1.807) is 24.3 Å². The molecule has 7 heteroatoms. The lowest BCUT2D eigenvalue weighted by Crippen LogP contribution is -2.50. The van der Waals surface area contributed by atoms with E-state index in [1.807, 2.05) is 4.90 Å². The van der Waals surface area contributed by atoms with Gasteiger partial charge in [0, 0.05) is 17.8 Å². The van der Waals surface area contributed by atoms with Crippen LogP contribution in [0.1, 0.15) is 10.4 Å². The number of primary amides is 1. The Balaban J connectivity index is 1.90. The van der Waals surface area contributed by atoms with Crippen LogP contribution >= 0.6 is 0 Å². The number of benzene rings is 1. The third-order valence-electron chi connectivity index (χ3n) is 3.36. The summed E-state index contributed by atoms with van der Waals surface area (Å²) in [6.07, 6.45) is 0. The molecule has 2 rings (SSSR count). The minimum absolute atomic E-state index is 0.0411. The zero-order chi connectivity index (χ0) is 15.2. The molecular weight excluding hydrogens is 274 g/mol. The van der Waals surface area contributed by atoms with Crippen LogP contribution in [0.2, 0.25) is 0 Å². The molecule has 1 aromatic carbocycles. The van der Waals surface area contributed by atoms with Crippen LogP contribution in [0, 0.1) is 0 Å². The van der Waals surface area contributed by atoms with Gasteiger partial charge in [-0.15, -0.1) is 0 Å². The summed E-state index contributed by atoms with van der Waals surface area (Å²) in [5.41, 5.74) is 6.14. The average molecular weight is 293 g/mol. The Morgan fingerprint density at radius 3 is 2.71 bits per heavy atom. The highest BCUT2D eigenvalue weighted by atomic mass is 16.5. The Kier molecular flexibility index (Phi) is 5.26. The predicted molar refractivity (Wildman–Crippen MR) is 76.9 cm³/mol. The maximum Gasteiger partial charge on any atom is 0.248 e. The van der Waals surface area contributed by atoms with Crippen molar-refractivity contribution in [3.05, 3.63) is 29.8 Å². The number of carbonyl (C=O) groups excluding carboxylic acids is 2. The molecule has 0 radical (unpaired) electrons. The number of nitrogens with zero attached hydrogens (tertiary/aromatic N) is 1. The minimum Gasteiger partial charge on any atom is -0.395 e. The molecule has 0 aromatic heterocycles. The van der Waals surface area contributed by atoms with Crippen molar-refractivity contribution in [2.75, 3.05) is 38.2 Å². The largest absolute Gasteiger partial charge is 0.395 e. The molecule has 21 heavy (non-hydrogen) atoms. The van der Waals surface area contributed by atoms with Crippen molar-refractivity contribution in [3.8, 4) is 0 Å². The van der Waals surface area contributed by atoms with Crippen LogP contribution in [0.5, 0.6) is 0 Å². The zero-order valence-electron chi connectivity index (χ0n) is 11.6. The van der Waals surface area contributed by atoms with Crippen LogP contribution in [0.3, 0.4) is 0 Å². The summed E-state index contributed by atoms with van der Waals surface area (Å²) in [5.74, 6) is -0.686. The number of morpholine rings is 1. The predicted octanol–water partition coefficient (Wildman–Crippen LogP) is -0.583. The second kappa shape index (κ2) is 7.16. The number of nitrogens with one attached hydrogen (secondary N) is 1. The highest BCUT2D eigenvalue weighted by molar-refractivity contribution is 5.95. The number of hydrogen-bond donors (Lipinski definition) is 3. The van der Waals surface area contributed by atoms with Gasteiger partial charge in [0.1, 0.15) is 0 Å². The lowest BCUT2D eigenvalue weighted by atomic mass is 10.2.